The molecule has 1 aromatic carbocycles. The minimum Gasteiger partial charge on any atom is -0.488 e. The fraction of sp³-hybridized carbons (Fsp3) is 0.562. The Hall–Kier alpha value is -1.79. The molecule has 0 aliphatic carbocycles. The van der Waals surface area contributed by atoms with Crippen molar-refractivity contribution in [1.82, 2.24) is 10.6 Å². The quantitative estimate of drug-likeness (QED) is 0.423. The first-order valence-corrected chi connectivity index (χ1v) is 7.59. The topological polar surface area (TPSA) is 64.1 Å². The predicted octanol–water partition coefficient (Wildman–Crippen LogP) is 0.818. The molecule has 122 valence electrons. The zero-order valence-electron chi connectivity index (χ0n) is 13.3. The van der Waals surface area contributed by atoms with Gasteiger partial charge < -0.3 is 24.8 Å². The van der Waals surface area contributed by atoms with Crippen molar-refractivity contribution >= 4 is 5.96 Å². The van der Waals surface area contributed by atoms with Gasteiger partial charge in [0.25, 0.3) is 0 Å². The SMILES string of the molecule is CN=C(NCCOCCOC)NCC1Cc2ccccc2O1. The number of fused-ring (bicyclic) bond motifs is 1. The Morgan fingerprint density at radius 3 is 2.91 bits per heavy atom. The summed E-state index contributed by atoms with van der Waals surface area (Å²) in [6.07, 6.45) is 1.08. The van der Waals surface area contributed by atoms with Gasteiger partial charge in [-0.25, -0.2) is 0 Å². The summed E-state index contributed by atoms with van der Waals surface area (Å²) < 4.78 is 16.2. The third-order valence-electron chi connectivity index (χ3n) is 3.41. The molecule has 1 aliphatic rings. The van der Waals surface area contributed by atoms with Gasteiger partial charge in [-0.15, -0.1) is 0 Å². The van der Waals surface area contributed by atoms with Crippen molar-refractivity contribution in [3.63, 3.8) is 0 Å². The number of hydrogen-bond donors (Lipinski definition) is 2. The fourth-order valence-corrected chi connectivity index (χ4v) is 2.28. The first kappa shape index (κ1) is 16.6. The number of hydrogen-bond acceptors (Lipinski definition) is 4. The third-order valence-corrected chi connectivity index (χ3v) is 3.41. The number of ether oxygens (including phenoxy) is 3. The van der Waals surface area contributed by atoms with Crippen LogP contribution in [-0.4, -0.2) is 59.1 Å². The largest absolute Gasteiger partial charge is 0.488 e. The first-order chi connectivity index (χ1) is 10.8. The van der Waals surface area contributed by atoms with E-state index in [1.807, 2.05) is 18.2 Å². The van der Waals surface area contributed by atoms with Crippen molar-refractivity contribution < 1.29 is 14.2 Å². The summed E-state index contributed by atoms with van der Waals surface area (Å²) >= 11 is 0. The highest BCUT2D eigenvalue weighted by molar-refractivity contribution is 5.79. The van der Waals surface area contributed by atoms with Crippen LogP contribution in [0.3, 0.4) is 0 Å². The number of rotatable bonds is 8. The van der Waals surface area contributed by atoms with E-state index in [1.165, 1.54) is 5.56 Å². The molecule has 0 radical (unpaired) electrons. The van der Waals surface area contributed by atoms with Crippen LogP contribution in [0.1, 0.15) is 5.56 Å². The number of guanidine groups is 1. The molecule has 0 aromatic heterocycles. The lowest BCUT2D eigenvalue weighted by Gasteiger charge is -2.15. The number of aliphatic imine (C=N–C) groups is 1. The van der Waals surface area contributed by atoms with Gasteiger partial charge in [0.1, 0.15) is 11.9 Å². The van der Waals surface area contributed by atoms with E-state index in [0.717, 1.165) is 24.7 Å². The van der Waals surface area contributed by atoms with Gasteiger partial charge in [-0.3, -0.25) is 4.99 Å². The number of benzene rings is 1. The van der Waals surface area contributed by atoms with Crippen LogP contribution in [0, 0.1) is 0 Å². The molecule has 1 aliphatic heterocycles. The van der Waals surface area contributed by atoms with Gasteiger partial charge in [-0.1, -0.05) is 18.2 Å². The molecule has 6 heteroatoms. The van der Waals surface area contributed by atoms with Gasteiger partial charge in [0.05, 0.1) is 26.4 Å². The summed E-state index contributed by atoms with van der Waals surface area (Å²) in [6, 6.07) is 8.17. The summed E-state index contributed by atoms with van der Waals surface area (Å²) in [6.45, 7) is 3.27. The van der Waals surface area contributed by atoms with Crippen LogP contribution in [0.25, 0.3) is 0 Å². The second-order valence-electron chi connectivity index (χ2n) is 5.04. The maximum Gasteiger partial charge on any atom is 0.191 e. The Kier molecular flexibility index (Phi) is 6.99. The summed E-state index contributed by atoms with van der Waals surface area (Å²) in [5, 5.41) is 6.49. The summed E-state index contributed by atoms with van der Waals surface area (Å²) in [7, 11) is 3.42. The summed E-state index contributed by atoms with van der Waals surface area (Å²) in [4.78, 5) is 4.19. The van der Waals surface area contributed by atoms with E-state index < -0.39 is 0 Å². The average molecular weight is 307 g/mol. The van der Waals surface area contributed by atoms with Gasteiger partial charge >= 0.3 is 0 Å². The maximum absolute atomic E-state index is 5.89. The zero-order chi connectivity index (χ0) is 15.6. The van der Waals surface area contributed by atoms with Crippen LogP contribution in [0.15, 0.2) is 29.3 Å². The van der Waals surface area contributed by atoms with Crippen LogP contribution < -0.4 is 15.4 Å². The van der Waals surface area contributed by atoms with Gasteiger partial charge in [-0.2, -0.15) is 0 Å². The lowest BCUT2D eigenvalue weighted by molar-refractivity contribution is 0.0733. The lowest BCUT2D eigenvalue weighted by Crippen LogP contribution is -2.43. The number of para-hydroxylation sites is 1. The number of nitrogens with zero attached hydrogens (tertiary/aromatic N) is 1. The second-order valence-corrected chi connectivity index (χ2v) is 5.04. The van der Waals surface area contributed by atoms with Crippen LogP contribution in [0.4, 0.5) is 0 Å². The van der Waals surface area contributed by atoms with E-state index in [4.69, 9.17) is 14.2 Å². The zero-order valence-corrected chi connectivity index (χ0v) is 13.3. The lowest BCUT2D eigenvalue weighted by atomic mass is 10.1. The van der Waals surface area contributed by atoms with E-state index in [1.54, 1.807) is 14.2 Å². The molecule has 1 heterocycles. The van der Waals surface area contributed by atoms with E-state index in [9.17, 15) is 0 Å². The molecular formula is C16H25N3O3. The van der Waals surface area contributed by atoms with E-state index >= 15 is 0 Å². The Balaban J connectivity index is 1.61. The van der Waals surface area contributed by atoms with E-state index in [0.29, 0.717) is 26.4 Å². The highest BCUT2D eigenvalue weighted by Gasteiger charge is 2.22. The molecule has 6 nitrogen and oxygen atoms in total. The van der Waals surface area contributed by atoms with Gasteiger partial charge in [0, 0.05) is 27.1 Å². The standard InChI is InChI=1S/C16H25N3O3/c1-17-16(18-7-8-21-10-9-20-2)19-12-14-11-13-5-3-4-6-15(13)22-14/h3-6,14H,7-12H2,1-2H3,(H2,17,18,19). The Morgan fingerprint density at radius 1 is 1.27 bits per heavy atom. The molecule has 1 unspecified atom stereocenters. The van der Waals surface area contributed by atoms with Crippen molar-refractivity contribution in [2.24, 2.45) is 4.99 Å². The van der Waals surface area contributed by atoms with Crippen LogP contribution >= 0.6 is 0 Å². The minimum absolute atomic E-state index is 0.147. The summed E-state index contributed by atoms with van der Waals surface area (Å²) in [5.74, 6) is 1.75. The minimum atomic E-state index is 0.147. The normalized spacial score (nSPS) is 17.0. The average Bonchev–Trinajstić information content (AvgIpc) is 2.96. The Morgan fingerprint density at radius 2 is 2.14 bits per heavy atom. The van der Waals surface area contributed by atoms with Crippen LogP contribution in [0.2, 0.25) is 0 Å². The smallest absolute Gasteiger partial charge is 0.191 e. The van der Waals surface area contributed by atoms with Crippen molar-refractivity contribution in [2.45, 2.75) is 12.5 Å². The third kappa shape index (κ3) is 5.20. The molecule has 0 spiro atoms. The van der Waals surface area contributed by atoms with Crippen molar-refractivity contribution in [3.05, 3.63) is 29.8 Å². The number of nitrogens with one attached hydrogen (secondary N) is 2. The molecule has 1 aromatic rings. The highest BCUT2D eigenvalue weighted by atomic mass is 16.5. The van der Waals surface area contributed by atoms with Crippen molar-refractivity contribution in [1.29, 1.82) is 0 Å². The molecule has 0 saturated heterocycles. The highest BCUT2D eigenvalue weighted by Crippen LogP contribution is 2.27. The number of methoxy groups -OCH3 is 1. The fourth-order valence-electron chi connectivity index (χ4n) is 2.28. The molecule has 22 heavy (non-hydrogen) atoms. The predicted molar refractivity (Wildman–Crippen MR) is 86.6 cm³/mol. The molecule has 2 N–H and O–H groups in total. The molecular weight excluding hydrogens is 282 g/mol. The Bertz CT molecular complexity index is 454. The van der Waals surface area contributed by atoms with Crippen molar-refractivity contribution in [3.8, 4) is 5.75 Å². The van der Waals surface area contributed by atoms with Crippen LogP contribution in [0.5, 0.6) is 5.75 Å². The van der Waals surface area contributed by atoms with Crippen LogP contribution in [-0.2, 0) is 15.9 Å². The first-order valence-electron chi connectivity index (χ1n) is 7.59. The maximum atomic E-state index is 5.89. The van der Waals surface area contributed by atoms with Gasteiger partial charge in [0.2, 0.25) is 0 Å². The summed E-state index contributed by atoms with van der Waals surface area (Å²) in [5.41, 5.74) is 1.27. The van der Waals surface area contributed by atoms with Gasteiger partial charge in [0.15, 0.2) is 5.96 Å². The second kappa shape index (κ2) is 9.27. The Labute approximate surface area is 131 Å². The van der Waals surface area contributed by atoms with Gasteiger partial charge in [-0.05, 0) is 11.6 Å². The molecule has 0 bridgehead atoms. The van der Waals surface area contributed by atoms with E-state index in [2.05, 4.69) is 21.7 Å². The molecule has 0 saturated carbocycles. The van der Waals surface area contributed by atoms with E-state index in [-0.39, 0.29) is 6.10 Å². The molecule has 1 atom stereocenters. The molecule has 2 rings (SSSR count). The molecule has 0 amide bonds. The molecule has 0 fully saturated rings. The van der Waals surface area contributed by atoms with Crippen molar-refractivity contribution in [2.75, 3.05) is 47.1 Å². The monoisotopic (exact) mass is 307 g/mol.